The number of rotatable bonds is 3. The molecule has 0 spiro atoms. The van der Waals surface area contributed by atoms with Crippen LogP contribution in [-0.4, -0.2) is 16.0 Å². The Hall–Kier alpha value is -1.84. The van der Waals surface area contributed by atoms with E-state index >= 15 is 0 Å². The average Bonchev–Trinajstić information content (AvgIpc) is 3.09. The minimum absolute atomic E-state index is 0.344. The fraction of sp³-hybridized carbons (Fsp3) is 0.529. The summed E-state index contributed by atoms with van der Waals surface area (Å²) in [5, 5.41) is 4.68. The van der Waals surface area contributed by atoms with Crippen molar-refractivity contribution in [2.45, 2.75) is 38.6 Å². The molecule has 4 atom stereocenters. The smallest absolute Gasteiger partial charge is 0.222 e. The third-order valence-electron chi connectivity index (χ3n) is 5.42. The lowest BCUT2D eigenvalue weighted by Crippen LogP contribution is -2.30. The largest absolute Gasteiger partial charge is 0.368 e. The molecule has 1 aromatic heterocycles. The molecule has 21 heavy (non-hydrogen) atoms. The van der Waals surface area contributed by atoms with Gasteiger partial charge < -0.3 is 11.1 Å². The first-order chi connectivity index (χ1) is 10.2. The Morgan fingerprint density at radius 1 is 1.19 bits per heavy atom. The van der Waals surface area contributed by atoms with E-state index in [-0.39, 0.29) is 0 Å². The van der Waals surface area contributed by atoms with Crippen molar-refractivity contribution in [1.29, 1.82) is 0 Å². The molecule has 4 unspecified atom stereocenters. The predicted molar refractivity (Wildman–Crippen MR) is 86.0 cm³/mol. The van der Waals surface area contributed by atoms with Crippen molar-refractivity contribution in [3.63, 3.8) is 0 Å². The topological polar surface area (TPSA) is 63.8 Å². The van der Waals surface area contributed by atoms with Crippen LogP contribution in [-0.2, 0) is 0 Å². The van der Waals surface area contributed by atoms with Gasteiger partial charge in [-0.1, -0.05) is 18.6 Å². The zero-order chi connectivity index (χ0) is 14.4. The summed E-state index contributed by atoms with van der Waals surface area (Å²) in [7, 11) is 0. The average molecular weight is 282 g/mol. The van der Waals surface area contributed by atoms with Gasteiger partial charge in [0.2, 0.25) is 5.95 Å². The molecule has 1 heterocycles. The molecule has 4 nitrogen and oxygen atoms in total. The lowest BCUT2D eigenvalue weighted by Gasteiger charge is -2.29. The van der Waals surface area contributed by atoms with Crippen molar-refractivity contribution >= 4 is 22.7 Å². The number of hydrogen-bond acceptors (Lipinski definition) is 4. The highest BCUT2D eigenvalue weighted by Gasteiger charge is 2.41. The van der Waals surface area contributed by atoms with E-state index in [9.17, 15) is 0 Å². The number of nitrogen functional groups attached to an aromatic ring is 1. The van der Waals surface area contributed by atoms with Crippen LogP contribution in [0.15, 0.2) is 24.3 Å². The van der Waals surface area contributed by atoms with Crippen LogP contribution in [0.1, 0.15) is 32.6 Å². The fourth-order valence-electron chi connectivity index (χ4n) is 4.43. The summed E-state index contributed by atoms with van der Waals surface area (Å²) in [6, 6.07) is 8.50. The summed E-state index contributed by atoms with van der Waals surface area (Å²) in [4.78, 5) is 8.74. The number of fused-ring (bicyclic) bond motifs is 3. The van der Waals surface area contributed by atoms with Gasteiger partial charge in [-0.05, 0) is 56.1 Å². The van der Waals surface area contributed by atoms with E-state index in [1.165, 1.54) is 25.7 Å². The molecule has 4 heteroatoms. The Morgan fingerprint density at radius 3 is 2.81 bits per heavy atom. The second-order valence-corrected chi connectivity index (χ2v) is 6.72. The first-order valence-electron chi connectivity index (χ1n) is 7.99. The molecule has 2 saturated carbocycles. The summed E-state index contributed by atoms with van der Waals surface area (Å²) in [5.74, 6) is 3.88. The highest BCUT2D eigenvalue weighted by molar-refractivity contribution is 5.89. The molecule has 0 amide bonds. The van der Waals surface area contributed by atoms with Gasteiger partial charge in [0.05, 0.1) is 5.52 Å². The SMILES string of the molecule is CC(Nc1nc(N)nc2ccccc12)C1CC2CCC1C2. The van der Waals surface area contributed by atoms with Crippen LogP contribution in [0.3, 0.4) is 0 Å². The third-order valence-corrected chi connectivity index (χ3v) is 5.42. The van der Waals surface area contributed by atoms with Gasteiger partial charge in [0.25, 0.3) is 0 Å². The number of anilines is 2. The van der Waals surface area contributed by atoms with Crippen LogP contribution in [0.4, 0.5) is 11.8 Å². The maximum Gasteiger partial charge on any atom is 0.222 e. The zero-order valence-electron chi connectivity index (χ0n) is 12.4. The van der Waals surface area contributed by atoms with Crippen molar-refractivity contribution in [2.24, 2.45) is 17.8 Å². The van der Waals surface area contributed by atoms with Crippen LogP contribution < -0.4 is 11.1 Å². The molecule has 4 rings (SSSR count). The van der Waals surface area contributed by atoms with E-state index in [1.54, 1.807) is 0 Å². The molecule has 0 aliphatic heterocycles. The van der Waals surface area contributed by atoms with E-state index in [0.717, 1.165) is 34.5 Å². The van der Waals surface area contributed by atoms with Gasteiger partial charge in [-0.2, -0.15) is 4.98 Å². The van der Waals surface area contributed by atoms with Gasteiger partial charge in [-0.3, -0.25) is 0 Å². The van der Waals surface area contributed by atoms with Crippen LogP contribution >= 0.6 is 0 Å². The Bertz CT molecular complexity index is 669. The minimum atomic E-state index is 0.344. The first kappa shape index (κ1) is 12.9. The number of nitrogens with zero attached hydrogens (tertiary/aromatic N) is 2. The molecular formula is C17H22N4. The van der Waals surface area contributed by atoms with Gasteiger partial charge in [0.15, 0.2) is 0 Å². The molecular weight excluding hydrogens is 260 g/mol. The summed E-state index contributed by atoms with van der Waals surface area (Å²) in [5.41, 5.74) is 6.76. The van der Waals surface area contributed by atoms with Crippen LogP contribution in [0, 0.1) is 17.8 Å². The van der Waals surface area contributed by atoms with E-state index in [2.05, 4.69) is 28.3 Å². The third kappa shape index (κ3) is 2.23. The van der Waals surface area contributed by atoms with Crippen molar-refractivity contribution in [2.75, 3.05) is 11.1 Å². The quantitative estimate of drug-likeness (QED) is 0.905. The second kappa shape index (κ2) is 4.86. The molecule has 1 aromatic carbocycles. The molecule has 2 aliphatic rings. The van der Waals surface area contributed by atoms with Crippen LogP contribution in [0.5, 0.6) is 0 Å². The number of benzene rings is 1. The van der Waals surface area contributed by atoms with Crippen molar-refractivity contribution in [3.8, 4) is 0 Å². The fourth-order valence-corrected chi connectivity index (χ4v) is 4.43. The molecule has 110 valence electrons. The Balaban J connectivity index is 1.62. The Labute approximate surface area is 125 Å². The number of hydrogen-bond donors (Lipinski definition) is 2. The Kier molecular flexibility index (Phi) is 2.98. The van der Waals surface area contributed by atoms with Crippen molar-refractivity contribution in [1.82, 2.24) is 9.97 Å². The first-order valence-corrected chi connectivity index (χ1v) is 7.99. The number of aromatic nitrogens is 2. The van der Waals surface area contributed by atoms with Gasteiger partial charge in [0, 0.05) is 11.4 Å². The van der Waals surface area contributed by atoms with Crippen LogP contribution in [0.25, 0.3) is 10.9 Å². The maximum absolute atomic E-state index is 5.85. The molecule has 2 aliphatic carbocycles. The summed E-state index contributed by atoms with van der Waals surface area (Å²) >= 11 is 0. The van der Waals surface area contributed by atoms with E-state index in [4.69, 9.17) is 5.73 Å². The molecule has 2 fully saturated rings. The highest BCUT2D eigenvalue weighted by atomic mass is 15.1. The zero-order valence-corrected chi connectivity index (χ0v) is 12.4. The van der Waals surface area contributed by atoms with Crippen molar-refractivity contribution in [3.05, 3.63) is 24.3 Å². The lowest BCUT2D eigenvalue weighted by molar-refractivity contribution is 0.304. The summed E-state index contributed by atoms with van der Waals surface area (Å²) in [6.45, 7) is 2.29. The molecule has 0 radical (unpaired) electrons. The van der Waals surface area contributed by atoms with Crippen molar-refractivity contribution < 1.29 is 0 Å². The molecule has 2 aromatic rings. The van der Waals surface area contributed by atoms with E-state index in [1.807, 2.05) is 18.2 Å². The van der Waals surface area contributed by atoms with Gasteiger partial charge in [0.1, 0.15) is 5.82 Å². The second-order valence-electron chi connectivity index (χ2n) is 6.72. The lowest BCUT2D eigenvalue weighted by atomic mass is 9.84. The minimum Gasteiger partial charge on any atom is -0.368 e. The molecule has 2 bridgehead atoms. The molecule has 3 N–H and O–H groups in total. The number of nitrogens with one attached hydrogen (secondary N) is 1. The normalized spacial score (nSPS) is 28.9. The predicted octanol–water partition coefficient (Wildman–Crippen LogP) is 3.45. The molecule has 0 saturated heterocycles. The maximum atomic E-state index is 5.85. The number of para-hydroxylation sites is 1. The van der Waals surface area contributed by atoms with Gasteiger partial charge >= 0.3 is 0 Å². The number of nitrogens with two attached hydrogens (primary N) is 1. The monoisotopic (exact) mass is 282 g/mol. The summed E-state index contributed by atoms with van der Waals surface area (Å²) < 4.78 is 0. The van der Waals surface area contributed by atoms with Gasteiger partial charge in [-0.25, -0.2) is 4.98 Å². The van der Waals surface area contributed by atoms with E-state index in [0.29, 0.717) is 12.0 Å². The highest BCUT2D eigenvalue weighted by Crippen LogP contribution is 2.49. The van der Waals surface area contributed by atoms with Crippen LogP contribution in [0.2, 0.25) is 0 Å². The van der Waals surface area contributed by atoms with E-state index < -0.39 is 0 Å². The van der Waals surface area contributed by atoms with Gasteiger partial charge in [-0.15, -0.1) is 0 Å². The Morgan fingerprint density at radius 2 is 2.05 bits per heavy atom. The summed E-state index contributed by atoms with van der Waals surface area (Å²) in [6.07, 6.45) is 5.66. The standard InChI is InChI=1S/C17H22N4/c1-10(14-9-11-6-7-12(14)8-11)19-16-13-4-2-3-5-15(13)20-17(18)21-16/h2-5,10-12,14H,6-9H2,1H3,(H3,18,19,20,21).